The zero-order chi connectivity index (χ0) is 15.4. The predicted octanol–water partition coefficient (Wildman–Crippen LogP) is 3.95. The summed E-state index contributed by atoms with van der Waals surface area (Å²) in [5, 5.41) is 4.79. The third kappa shape index (κ3) is 3.86. The largest absolute Gasteiger partial charge is 0.461 e. The molecule has 2 aromatic rings. The van der Waals surface area contributed by atoms with E-state index >= 15 is 0 Å². The fraction of sp³-hybridized carbons (Fsp3) is 0.556. The Bertz CT molecular complexity index is 564. The van der Waals surface area contributed by atoms with Gasteiger partial charge in [0.25, 0.3) is 0 Å². The molecule has 1 heterocycles. The monoisotopic (exact) mass is 288 g/mol. The van der Waals surface area contributed by atoms with E-state index in [0.717, 1.165) is 31.0 Å². The Hall–Kier alpha value is -1.32. The Morgan fingerprint density at radius 2 is 1.76 bits per heavy atom. The Morgan fingerprint density at radius 3 is 2.43 bits per heavy atom. The van der Waals surface area contributed by atoms with Gasteiger partial charge in [-0.05, 0) is 40.7 Å². The van der Waals surface area contributed by atoms with E-state index in [-0.39, 0.29) is 0 Å². The van der Waals surface area contributed by atoms with Crippen LogP contribution in [-0.4, -0.2) is 30.1 Å². The molecule has 0 saturated carbocycles. The van der Waals surface area contributed by atoms with Crippen LogP contribution in [0.1, 0.15) is 39.0 Å². The van der Waals surface area contributed by atoms with Crippen molar-refractivity contribution >= 4 is 11.0 Å². The van der Waals surface area contributed by atoms with E-state index in [9.17, 15) is 0 Å². The standard InChI is InChI=1S/C18H28N2O/c1-13(2)20(14(3)4)11-10-19-12-17-15(5)21-18-9-7-6-8-16(17)18/h6-9,13-14,19H,10-12H2,1-5H3. The Morgan fingerprint density at radius 1 is 1.10 bits per heavy atom. The van der Waals surface area contributed by atoms with Crippen LogP contribution >= 0.6 is 0 Å². The molecule has 3 nitrogen and oxygen atoms in total. The molecule has 1 N–H and O–H groups in total. The highest BCUT2D eigenvalue weighted by Gasteiger charge is 2.13. The number of furan rings is 1. The molecule has 0 unspecified atom stereocenters. The molecular formula is C18H28N2O. The van der Waals surface area contributed by atoms with Crippen LogP contribution in [-0.2, 0) is 6.54 Å². The molecule has 0 aliphatic carbocycles. The maximum atomic E-state index is 5.80. The molecule has 3 heteroatoms. The third-order valence-electron chi connectivity index (χ3n) is 4.08. The van der Waals surface area contributed by atoms with Crippen LogP contribution in [0.2, 0.25) is 0 Å². The van der Waals surface area contributed by atoms with Crippen LogP contribution in [0.15, 0.2) is 28.7 Å². The molecule has 0 saturated heterocycles. The van der Waals surface area contributed by atoms with Gasteiger partial charge in [-0.25, -0.2) is 0 Å². The first-order valence-corrected chi connectivity index (χ1v) is 7.94. The molecule has 2 rings (SSSR count). The van der Waals surface area contributed by atoms with E-state index in [1.165, 1.54) is 10.9 Å². The smallest absolute Gasteiger partial charge is 0.134 e. The lowest BCUT2D eigenvalue weighted by Crippen LogP contribution is -2.41. The van der Waals surface area contributed by atoms with Gasteiger partial charge in [0, 0.05) is 42.7 Å². The van der Waals surface area contributed by atoms with Crippen molar-refractivity contribution in [2.24, 2.45) is 0 Å². The van der Waals surface area contributed by atoms with Crippen molar-refractivity contribution < 1.29 is 4.42 Å². The number of benzene rings is 1. The second-order valence-electron chi connectivity index (χ2n) is 6.24. The molecule has 1 aromatic heterocycles. The van der Waals surface area contributed by atoms with Crippen molar-refractivity contribution in [3.05, 3.63) is 35.6 Å². The van der Waals surface area contributed by atoms with Gasteiger partial charge < -0.3 is 9.73 Å². The number of fused-ring (bicyclic) bond motifs is 1. The first kappa shape index (κ1) is 16.1. The van der Waals surface area contributed by atoms with E-state index in [1.807, 2.05) is 19.1 Å². The first-order valence-electron chi connectivity index (χ1n) is 7.94. The zero-order valence-corrected chi connectivity index (χ0v) is 13.9. The van der Waals surface area contributed by atoms with Gasteiger partial charge in [0.1, 0.15) is 11.3 Å². The van der Waals surface area contributed by atoms with Crippen LogP contribution in [0.4, 0.5) is 0 Å². The van der Waals surface area contributed by atoms with E-state index < -0.39 is 0 Å². The Labute approximate surface area is 128 Å². The molecule has 21 heavy (non-hydrogen) atoms. The van der Waals surface area contributed by atoms with Gasteiger partial charge >= 0.3 is 0 Å². The quantitative estimate of drug-likeness (QED) is 0.782. The van der Waals surface area contributed by atoms with Crippen molar-refractivity contribution in [2.75, 3.05) is 13.1 Å². The third-order valence-corrected chi connectivity index (χ3v) is 4.08. The average Bonchev–Trinajstić information content (AvgIpc) is 2.73. The highest BCUT2D eigenvalue weighted by molar-refractivity contribution is 5.82. The molecule has 116 valence electrons. The molecule has 0 atom stereocenters. The number of nitrogens with one attached hydrogen (secondary N) is 1. The summed E-state index contributed by atoms with van der Waals surface area (Å²) in [6, 6.07) is 9.43. The zero-order valence-electron chi connectivity index (χ0n) is 13.9. The summed E-state index contributed by atoms with van der Waals surface area (Å²) in [6.07, 6.45) is 0. The van der Waals surface area contributed by atoms with Crippen LogP contribution in [0.3, 0.4) is 0 Å². The number of hydrogen-bond donors (Lipinski definition) is 1. The molecule has 0 spiro atoms. The maximum absolute atomic E-state index is 5.80. The van der Waals surface area contributed by atoms with Gasteiger partial charge in [-0.3, -0.25) is 4.90 Å². The summed E-state index contributed by atoms with van der Waals surface area (Å²) in [7, 11) is 0. The maximum Gasteiger partial charge on any atom is 0.134 e. The topological polar surface area (TPSA) is 28.4 Å². The van der Waals surface area contributed by atoms with Crippen LogP contribution in [0, 0.1) is 6.92 Å². The van der Waals surface area contributed by atoms with Crippen molar-refractivity contribution in [3.63, 3.8) is 0 Å². The highest BCUT2D eigenvalue weighted by Crippen LogP contribution is 2.24. The molecule has 0 fully saturated rings. The minimum absolute atomic E-state index is 0.586. The summed E-state index contributed by atoms with van der Waals surface area (Å²) < 4.78 is 5.80. The van der Waals surface area contributed by atoms with Crippen molar-refractivity contribution in [1.29, 1.82) is 0 Å². The number of hydrogen-bond acceptors (Lipinski definition) is 3. The molecule has 0 bridgehead atoms. The fourth-order valence-electron chi connectivity index (χ4n) is 2.98. The summed E-state index contributed by atoms with van der Waals surface area (Å²) in [5.74, 6) is 1.02. The number of nitrogens with zero attached hydrogens (tertiary/aromatic N) is 1. The average molecular weight is 288 g/mol. The van der Waals surface area contributed by atoms with Crippen LogP contribution in [0.25, 0.3) is 11.0 Å². The lowest BCUT2D eigenvalue weighted by Gasteiger charge is -2.30. The van der Waals surface area contributed by atoms with Crippen LogP contribution in [0.5, 0.6) is 0 Å². The summed E-state index contributed by atoms with van der Waals surface area (Å²) in [4.78, 5) is 2.51. The number of aryl methyl sites for hydroxylation is 1. The molecule has 0 radical (unpaired) electrons. The normalized spacial score (nSPS) is 12.2. The molecule has 0 aliphatic rings. The van der Waals surface area contributed by atoms with Crippen molar-refractivity contribution in [1.82, 2.24) is 10.2 Å². The predicted molar refractivity (Wildman–Crippen MR) is 89.6 cm³/mol. The first-order chi connectivity index (χ1) is 10.0. The number of rotatable bonds is 7. The van der Waals surface area contributed by atoms with Crippen molar-refractivity contribution in [2.45, 2.75) is 53.2 Å². The second-order valence-corrected chi connectivity index (χ2v) is 6.24. The van der Waals surface area contributed by atoms with Gasteiger partial charge in [-0.2, -0.15) is 0 Å². The van der Waals surface area contributed by atoms with Gasteiger partial charge in [0.2, 0.25) is 0 Å². The lowest BCUT2D eigenvalue weighted by atomic mass is 10.1. The van der Waals surface area contributed by atoms with E-state index in [2.05, 4.69) is 50.0 Å². The van der Waals surface area contributed by atoms with Crippen molar-refractivity contribution in [3.8, 4) is 0 Å². The van der Waals surface area contributed by atoms with Crippen LogP contribution < -0.4 is 5.32 Å². The minimum atomic E-state index is 0.586. The highest BCUT2D eigenvalue weighted by atomic mass is 16.3. The Kier molecular flexibility index (Phi) is 5.43. The SMILES string of the molecule is Cc1oc2ccccc2c1CNCCN(C(C)C)C(C)C. The molecule has 0 aliphatic heterocycles. The summed E-state index contributed by atoms with van der Waals surface area (Å²) in [6.45, 7) is 14.0. The second kappa shape index (κ2) is 7.10. The number of para-hydroxylation sites is 1. The molecule has 0 amide bonds. The van der Waals surface area contributed by atoms with Gasteiger partial charge in [0.05, 0.1) is 0 Å². The van der Waals surface area contributed by atoms with E-state index in [1.54, 1.807) is 0 Å². The van der Waals surface area contributed by atoms with Gasteiger partial charge in [-0.1, -0.05) is 18.2 Å². The Balaban J connectivity index is 1.92. The molecule has 1 aromatic carbocycles. The van der Waals surface area contributed by atoms with E-state index in [4.69, 9.17) is 4.42 Å². The van der Waals surface area contributed by atoms with E-state index in [0.29, 0.717) is 12.1 Å². The minimum Gasteiger partial charge on any atom is -0.461 e. The molecular weight excluding hydrogens is 260 g/mol. The summed E-state index contributed by atoms with van der Waals surface area (Å²) in [5.41, 5.74) is 2.27. The summed E-state index contributed by atoms with van der Waals surface area (Å²) >= 11 is 0. The van der Waals surface area contributed by atoms with Gasteiger partial charge in [0.15, 0.2) is 0 Å². The fourth-order valence-corrected chi connectivity index (χ4v) is 2.98. The van der Waals surface area contributed by atoms with Gasteiger partial charge in [-0.15, -0.1) is 0 Å². The lowest BCUT2D eigenvalue weighted by molar-refractivity contribution is 0.176.